The summed E-state index contributed by atoms with van der Waals surface area (Å²) in [5.41, 5.74) is 0. The van der Waals surface area contributed by atoms with Crippen LogP contribution in [0.4, 0.5) is 0 Å². The van der Waals surface area contributed by atoms with Crippen LogP contribution in [0, 0.1) is 0 Å². The van der Waals surface area contributed by atoms with Crippen molar-refractivity contribution in [1.82, 2.24) is 0 Å². The minimum atomic E-state index is -5.17. The fourth-order valence-corrected chi connectivity index (χ4v) is 0. The Labute approximate surface area is 78.0 Å². The van der Waals surface area contributed by atoms with Gasteiger partial charge < -0.3 is 9.11 Å². The Bertz CT molecular complexity index is 99.2. The SMILES string of the molecule is O=S(=O)([O-])[O-].[Co].[Mn+2].[Ni]. The van der Waals surface area contributed by atoms with Gasteiger partial charge in [0.1, 0.15) is 0 Å². The molecule has 0 heterocycles. The zero-order valence-corrected chi connectivity index (χ0v) is 7.09. The van der Waals surface area contributed by atoms with Gasteiger partial charge in [0.15, 0.2) is 0 Å². The number of hydrogen-bond acceptors (Lipinski definition) is 4. The molecule has 0 amide bonds. The maximum absolute atomic E-state index is 8.52. The van der Waals surface area contributed by atoms with Crippen LogP contribution < -0.4 is 0 Å². The first-order chi connectivity index (χ1) is 2.00. The van der Waals surface area contributed by atoms with Crippen molar-refractivity contribution in [2.45, 2.75) is 0 Å². The van der Waals surface area contributed by atoms with E-state index in [2.05, 4.69) is 0 Å². The van der Waals surface area contributed by atoms with Crippen molar-refractivity contribution in [2.75, 3.05) is 0 Å². The molecule has 0 aromatic carbocycles. The zero-order valence-electron chi connectivity index (χ0n) is 3.07. The van der Waals surface area contributed by atoms with E-state index >= 15 is 0 Å². The first-order valence-corrected chi connectivity index (χ1v) is 2.00. The predicted octanol–water partition coefficient (Wildman–Crippen LogP) is -1.35. The second-order valence-electron chi connectivity index (χ2n) is 0.408. The average molecular weight is 269 g/mol. The molecule has 8 heavy (non-hydrogen) atoms. The van der Waals surface area contributed by atoms with Crippen LogP contribution >= 0.6 is 0 Å². The van der Waals surface area contributed by atoms with Gasteiger partial charge in [0.2, 0.25) is 0 Å². The minimum Gasteiger partial charge on any atom is -0.759 e. The molecule has 0 aliphatic carbocycles. The number of rotatable bonds is 0. The molecule has 2 radical (unpaired) electrons. The molecule has 0 rings (SSSR count). The summed E-state index contributed by atoms with van der Waals surface area (Å²) in [5, 5.41) is 0. The zero-order chi connectivity index (χ0) is 4.50. The van der Waals surface area contributed by atoms with Crippen LogP contribution in [0.5, 0.6) is 0 Å². The molecule has 0 saturated carbocycles. The summed E-state index contributed by atoms with van der Waals surface area (Å²) in [6.07, 6.45) is 0. The van der Waals surface area contributed by atoms with Gasteiger partial charge in [-0.25, -0.2) is 0 Å². The van der Waals surface area contributed by atoms with Crippen LogP contribution in [0.2, 0.25) is 0 Å². The van der Waals surface area contributed by atoms with E-state index < -0.39 is 10.4 Å². The summed E-state index contributed by atoms with van der Waals surface area (Å²) >= 11 is 0. The maximum Gasteiger partial charge on any atom is 2.00 e. The van der Waals surface area contributed by atoms with Crippen LogP contribution in [0.3, 0.4) is 0 Å². The van der Waals surface area contributed by atoms with Crippen LogP contribution in [0.25, 0.3) is 0 Å². The Morgan fingerprint density at radius 2 is 1.12 bits per heavy atom. The molecule has 0 aromatic heterocycles. The van der Waals surface area contributed by atoms with E-state index in [9.17, 15) is 0 Å². The molecule has 0 bridgehead atoms. The average Bonchev–Trinajstić information content (AvgIpc) is 0.722. The smallest absolute Gasteiger partial charge is 0.759 e. The van der Waals surface area contributed by atoms with E-state index in [-0.39, 0.29) is 50.3 Å². The van der Waals surface area contributed by atoms with Gasteiger partial charge in [-0.2, -0.15) is 0 Å². The first-order valence-electron chi connectivity index (χ1n) is 0.667. The van der Waals surface area contributed by atoms with Crippen molar-refractivity contribution in [3.8, 4) is 0 Å². The normalized spacial score (nSPS) is 7.25. The molecule has 0 N–H and O–H groups in total. The molecule has 8 heteroatoms. The molecular formula is CoMnNiO4S. The van der Waals surface area contributed by atoms with Crippen LogP contribution in [-0.2, 0) is 60.7 Å². The standard InChI is InChI=1S/Co.Mn.Ni.H2O4S/c;;;1-5(2,3)4/h;;;(H2,1,2,3,4)/q;+2;;/p-2. The van der Waals surface area contributed by atoms with Crippen molar-refractivity contribution in [3.05, 3.63) is 0 Å². The van der Waals surface area contributed by atoms with Crippen LogP contribution in [-0.4, -0.2) is 17.5 Å². The largest absolute Gasteiger partial charge is 2.00 e. The molecular weight excluding hydrogens is 269 g/mol. The maximum atomic E-state index is 8.52. The molecule has 0 unspecified atom stereocenters. The molecule has 4 nitrogen and oxygen atoms in total. The van der Waals surface area contributed by atoms with Gasteiger partial charge in [0, 0.05) is 43.7 Å². The van der Waals surface area contributed by atoms with Crippen molar-refractivity contribution in [1.29, 1.82) is 0 Å². The topological polar surface area (TPSA) is 80.3 Å². The monoisotopic (exact) mass is 268 g/mol. The van der Waals surface area contributed by atoms with Gasteiger partial charge in [-0.05, 0) is 0 Å². The van der Waals surface area contributed by atoms with Gasteiger partial charge in [-0.15, -0.1) is 0 Å². The van der Waals surface area contributed by atoms with Gasteiger partial charge in [0.25, 0.3) is 0 Å². The van der Waals surface area contributed by atoms with E-state index in [1.54, 1.807) is 0 Å². The third kappa shape index (κ3) is 156. The van der Waals surface area contributed by atoms with Gasteiger partial charge >= 0.3 is 17.1 Å². The summed E-state index contributed by atoms with van der Waals surface area (Å²) < 4.78 is 34.1. The van der Waals surface area contributed by atoms with E-state index in [4.69, 9.17) is 17.5 Å². The molecule has 0 spiro atoms. The Kier molecular flexibility index (Phi) is 23.9. The fraction of sp³-hybridized carbons (Fsp3) is 0. The Hall–Kier alpha value is 1.39. The second kappa shape index (κ2) is 8.39. The van der Waals surface area contributed by atoms with Crippen molar-refractivity contribution < 1.29 is 67.9 Å². The van der Waals surface area contributed by atoms with Crippen molar-refractivity contribution >= 4 is 10.4 Å². The van der Waals surface area contributed by atoms with Gasteiger partial charge in [-0.3, -0.25) is 8.42 Å². The summed E-state index contributed by atoms with van der Waals surface area (Å²) in [6.45, 7) is 0. The predicted molar refractivity (Wildman–Crippen MR) is 10.5 cm³/mol. The summed E-state index contributed by atoms with van der Waals surface area (Å²) in [4.78, 5) is 0. The van der Waals surface area contributed by atoms with Crippen molar-refractivity contribution in [3.63, 3.8) is 0 Å². The summed E-state index contributed by atoms with van der Waals surface area (Å²) in [5.74, 6) is 0. The molecule has 56 valence electrons. The third-order valence-corrected chi connectivity index (χ3v) is 0. The van der Waals surface area contributed by atoms with Gasteiger partial charge in [0.05, 0.1) is 0 Å². The first kappa shape index (κ1) is 22.8. The summed E-state index contributed by atoms with van der Waals surface area (Å²) in [6, 6.07) is 0. The van der Waals surface area contributed by atoms with Crippen LogP contribution in [0.1, 0.15) is 0 Å². The van der Waals surface area contributed by atoms with Gasteiger partial charge in [-0.1, -0.05) is 0 Å². The summed E-state index contributed by atoms with van der Waals surface area (Å²) in [7, 11) is -5.17. The Morgan fingerprint density at radius 3 is 1.12 bits per heavy atom. The number of hydrogen-bond donors (Lipinski definition) is 0. The van der Waals surface area contributed by atoms with E-state index in [1.807, 2.05) is 0 Å². The molecule has 0 atom stereocenters. The molecule has 0 fully saturated rings. The van der Waals surface area contributed by atoms with E-state index in [0.29, 0.717) is 0 Å². The third-order valence-electron chi connectivity index (χ3n) is 0. The molecule has 0 saturated heterocycles. The Morgan fingerprint density at radius 1 is 1.12 bits per heavy atom. The second-order valence-corrected chi connectivity index (χ2v) is 1.22. The van der Waals surface area contributed by atoms with E-state index in [0.717, 1.165) is 0 Å². The Balaban J connectivity index is -0.0000000267. The fourth-order valence-electron chi connectivity index (χ4n) is 0. The van der Waals surface area contributed by atoms with Crippen molar-refractivity contribution in [2.24, 2.45) is 0 Å². The minimum absolute atomic E-state index is 0. The molecule has 0 aliphatic rings. The quantitative estimate of drug-likeness (QED) is 0.309. The molecule has 0 aliphatic heterocycles. The van der Waals surface area contributed by atoms with Crippen LogP contribution in [0.15, 0.2) is 0 Å². The van der Waals surface area contributed by atoms with E-state index in [1.165, 1.54) is 0 Å². The molecule has 0 aromatic rings.